The third kappa shape index (κ3) is 3.99. The van der Waals surface area contributed by atoms with Crippen LogP contribution in [0.1, 0.15) is 51.0 Å². The van der Waals surface area contributed by atoms with E-state index in [0.29, 0.717) is 12.1 Å². The van der Waals surface area contributed by atoms with Crippen LogP contribution in [0.15, 0.2) is 60.7 Å². The predicted octanol–water partition coefficient (Wildman–Crippen LogP) is 5.41. The molecule has 0 saturated carbocycles. The van der Waals surface area contributed by atoms with Crippen LogP contribution in [0.25, 0.3) is 22.2 Å². The average molecular weight is 428 g/mol. The maximum Gasteiger partial charge on any atom is 0.336 e. The molecule has 0 aliphatic rings. The molecule has 0 saturated heterocycles. The molecule has 0 spiro atoms. The van der Waals surface area contributed by atoms with Gasteiger partial charge >= 0.3 is 11.9 Å². The Morgan fingerprint density at radius 2 is 1.69 bits per heavy atom. The van der Waals surface area contributed by atoms with Gasteiger partial charge in [-0.2, -0.15) is 0 Å². The maximum atomic E-state index is 11.6. The smallest absolute Gasteiger partial charge is 0.336 e. The van der Waals surface area contributed by atoms with Crippen molar-refractivity contribution in [3.8, 4) is 11.1 Å². The maximum absolute atomic E-state index is 11.6. The van der Waals surface area contributed by atoms with Crippen molar-refractivity contribution >= 4 is 23.0 Å². The summed E-state index contributed by atoms with van der Waals surface area (Å²) in [4.78, 5) is 27.9. The van der Waals surface area contributed by atoms with E-state index in [1.807, 2.05) is 37.3 Å². The number of benzene rings is 3. The second-order valence-corrected chi connectivity index (χ2v) is 7.88. The minimum atomic E-state index is -0.957. The van der Waals surface area contributed by atoms with Crippen LogP contribution in [-0.4, -0.2) is 31.7 Å². The quantitative estimate of drug-likeness (QED) is 0.411. The molecule has 6 heteroatoms. The number of aromatic nitrogens is 2. The zero-order valence-corrected chi connectivity index (χ0v) is 18.0. The van der Waals surface area contributed by atoms with Crippen molar-refractivity contribution in [1.82, 2.24) is 9.55 Å². The number of aryl methyl sites for hydroxylation is 2. The number of carbonyl (C=O) groups is 2. The second-order valence-electron chi connectivity index (χ2n) is 7.88. The van der Waals surface area contributed by atoms with E-state index in [1.165, 1.54) is 0 Å². The third-order valence-corrected chi connectivity index (χ3v) is 5.61. The van der Waals surface area contributed by atoms with Crippen molar-refractivity contribution in [1.29, 1.82) is 0 Å². The van der Waals surface area contributed by atoms with Crippen molar-refractivity contribution in [2.24, 2.45) is 0 Å². The molecule has 162 valence electrons. The molecule has 0 radical (unpaired) electrons. The van der Waals surface area contributed by atoms with Crippen LogP contribution in [0, 0.1) is 6.92 Å². The zero-order valence-electron chi connectivity index (χ0n) is 18.0. The number of hydrogen-bond acceptors (Lipinski definition) is 3. The van der Waals surface area contributed by atoms with Crippen molar-refractivity contribution in [2.75, 3.05) is 0 Å². The molecule has 0 amide bonds. The lowest BCUT2D eigenvalue weighted by Gasteiger charge is -2.11. The normalized spacial score (nSPS) is 11.1. The van der Waals surface area contributed by atoms with Crippen LogP contribution in [-0.2, 0) is 13.0 Å². The van der Waals surface area contributed by atoms with Crippen LogP contribution in [0.2, 0.25) is 0 Å². The van der Waals surface area contributed by atoms with Crippen LogP contribution >= 0.6 is 0 Å². The number of carboxylic acids is 2. The molecule has 3 aromatic carbocycles. The molecule has 4 rings (SSSR count). The Balaban J connectivity index is 1.74. The van der Waals surface area contributed by atoms with Crippen LogP contribution < -0.4 is 0 Å². The van der Waals surface area contributed by atoms with E-state index < -0.39 is 11.9 Å². The van der Waals surface area contributed by atoms with Crippen molar-refractivity contribution in [3.05, 3.63) is 88.7 Å². The summed E-state index contributed by atoms with van der Waals surface area (Å²) in [6.07, 6.45) is 1.72. The number of rotatable bonds is 7. The van der Waals surface area contributed by atoms with Gasteiger partial charge in [0.05, 0.1) is 22.2 Å². The fourth-order valence-electron chi connectivity index (χ4n) is 4.05. The Bertz CT molecular complexity index is 1320. The molecule has 0 atom stereocenters. The molecule has 32 heavy (non-hydrogen) atoms. The van der Waals surface area contributed by atoms with Gasteiger partial charge in [0.25, 0.3) is 0 Å². The zero-order chi connectivity index (χ0) is 22.8. The molecule has 4 aromatic rings. The van der Waals surface area contributed by atoms with Crippen molar-refractivity contribution in [2.45, 2.75) is 33.2 Å². The van der Waals surface area contributed by atoms with Gasteiger partial charge in [-0.3, -0.25) is 0 Å². The minimum Gasteiger partial charge on any atom is -0.478 e. The summed E-state index contributed by atoms with van der Waals surface area (Å²) in [6, 6.07) is 18.1. The van der Waals surface area contributed by atoms with Crippen LogP contribution in [0.5, 0.6) is 0 Å². The highest BCUT2D eigenvalue weighted by molar-refractivity contribution is 5.96. The number of nitrogens with zero attached hydrogens (tertiary/aromatic N) is 2. The SMILES string of the molecule is CCCc1nc2c(C)cc(C(=O)O)cc2n1Cc1ccc(-c2ccccc2C(=O)O)cc1. The minimum absolute atomic E-state index is 0.250. The fourth-order valence-corrected chi connectivity index (χ4v) is 4.05. The Kier molecular flexibility index (Phi) is 5.77. The van der Waals surface area contributed by atoms with Crippen molar-refractivity contribution < 1.29 is 19.8 Å². The lowest BCUT2D eigenvalue weighted by molar-refractivity contribution is 0.0686. The number of fused-ring (bicyclic) bond motifs is 1. The van der Waals surface area contributed by atoms with Gasteiger partial charge in [-0.25, -0.2) is 14.6 Å². The molecule has 6 nitrogen and oxygen atoms in total. The van der Waals surface area contributed by atoms with E-state index >= 15 is 0 Å². The van der Waals surface area contributed by atoms with Gasteiger partial charge in [0, 0.05) is 13.0 Å². The Labute approximate surface area is 185 Å². The summed E-state index contributed by atoms with van der Waals surface area (Å²) < 4.78 is 2.08. The number of aromatic carboxylic acids is 2. The van der Waals surface area contributed by atoms with Gasteiger partial charge in [-0.05, 0) is 53.8 Å². The van der Waals surface area contributed by atoms with Crippen molar-refractivity contribution in [3.63, 3.8) is 0 Å². The van der Waals surface area contributed by atoms with Gasteiger partial charge in [0.15, 0.2) is 0 Å². The number of imidazole rings is 1. The average Bonchev–Trinajstić information content (AvgIpc) is 3.12. The Hall–Kier alpha value is -3.93. The molecule has 0 unspecified atom stereocenters. The highest BCUT2D eigenvalue weighted by Crippen LogP contribution is 2.27. The predicted molar refractivity (Wildman–Crippen MR) is 123 cm³/mol. The molecule has 0 aliphatic heterocycles. The Morgan fingerprint density at radius 1 is 0.969 bits per heavy atom. The first-order chi connectivity index (χ1) is 15.4. The first-order valence-electron chi connectivity index (χ1n) is 10.5. The standard InChI is InChI=1S/C26H24N2O4/c1-3-6-23-27-24-16(2)13-19(25(29)30)14-22(24)28(23)15-17-9-11-18(12-10-17)20-7-4-5-8-21(20)26(31)32/h4-5,7-14H,3,6,15H2,1-2H3,(H,29,30)(H,31,32). The summed E-state index contributed by atoms with van der Waals surface area (Å²) in [5.74, 6) is -0.988. The molecule has 1 heterocycles. The number of hydrogen-bond donors (Lipinski definition) is 2. The van der Waals surface area contributed by atoms with Crippen LogP contribution in [0.4, 0.5) is 0 Å². The highest BCUT2D eigenvalue weighted by Gasteiger charge is 2.16. The summed E-state index contributed by atoms with van der Waals surface area (Å²) in [5.41, 5.74) is 5.53. The first kappa shape index (κ1) is 21.3. The lowest BCUT2D eigenvalue weighted by atomic mass is 9.98. The lowest BCUT2D eigenvalue weighted by Crippen LogP contribution is -2.06. The molecular weight excluding hydrogens is 404 g/mol. The van der Waals surface area contributed by atoms with E-state index in [4.69, 9.17) is 4.98 Å². The van der Waals surface area contributed by atoms with E-state index in [1.54, 1.807) is 30.3 Å². The summed E-state index contributed by atoms with van der Waals surface area (Å²) in [5, 5.41) is 19.0. The molecule has 0 fully saturated rings. The summed E-state index contributed by atoms with van der Waals surface area (Å²) in [6.45, 7) is 4.53. The van der Waals surface area contributed by atoms with Gasteiger partial charge in [-0.15, -0.1) is 0 Å². The summed E-state index contributed by atoms with van der Waals surface area (Å²) >= 11 is 0. The monoisotopic (exact) mass is 428 g/mol. The highest BCUT2D eigenvalue weighted by atomic mass is 16.4. The van der Waals surface area contributed by atoms with E-state index in [2.05, 4.69) is 11.5 Å². The topological polar surface area (TPSA) is 92.4 Å². The van der Waals surface area contributed by atoms with E-state index in [-0.39, 0.29) is 11.1 Å². The van der Waals surface area contributed by atoms with Gasteiger partial charge < -0.3 is 14.8 Å². The molecule has 1 aromatic heterocycles. The van der Waals surface area contributed by atoms with E-state index in [0.717, 1.165) is 46.4 Å². The van der Waals surface area contributed by atoms with Gasteiger partial charge in [0.1, 0.15) is 5.82 Å². The van der Waals surface area contributed by atoms with Gasteiger partial charge in [0.2, 0.25) is 0 Å². The van der Waals surface area contributed by atoms with E-state index in [9.17, 15) is 19.8 Å². The van der Waals surface area contributed by atoms with Crippen LogP contribution in [0.3, 0.4) is 0 Å². The molecular formula is C26H24N2O4. The summed E-state index contributed by atoms with van der Waals surface area (Å²) in [7, 11) is 0. The molecule has 0 bridgehead atoms. The first-order valence-corrected chi connectivity index (χ1v) is 10.5. The number of carboxylic acid groups (broad SMARTS) is 2. The largest absolute Gasteiger partial charge is 0.478 e. The molecule has 0 aliphatic carbocycles. The third-order valence-electron chi connectivity index (χ3n) is 5.61. The van der Waals surface area contributed by atoms with Gasteiger partial charge in [-0.1, -0.05) is 49.4 Å². The fraction of sp³-hybridized carbons (Fsp3) is 0.192. The second kappa shape index (κ2) is 8.67. The Morgan fingerprint density at radius 3 is 2.34 bits per heavy atom. The molecule has 2 N–H and O–H groups in total.